The van der Waals surface area contributed by atoms with Crippen molar-refractivity contribution in [2.24, 2.45) is 5.92 Å². The summed E-state index contributed by atoms with van der Waals surface area (Å²) < 4.78 is 38.8. The van der Waals surface area contributed by atoms with E-state index in [0.717, 1.165) is 13.0 Å². The fourth-order valence-corrected chi connectivity index (χ4v) is 5.71. The molecule has 0 bridgehead atoms. The van der Waals surface area contributed by atoms with E-state index in [9.17, 15) is 13.2 Å². The van der Waals surface area contributed by atoms with Crippen LogP contribution in [-0.2, 0) is 14.8 Å². The fourth-order valence-electron chi connectivity index (χ4n) is 4.14. The molecule has 142 valence electrons. The van der Waals surface area contributed by atoms with Crippen LogP contribution in [0.4, 0.5) is 0 Å². The lowest BCUT2D eigenvalue weighted by atomic mass is 9.82. The summed E-state index contributed by atoms with van der Waals surface area (Å²) in [5.74, 6) is 0.966. The normalized spacial score (nSPS) is 28.4. The Kier molecular flexibility index (Phi) is 4.32. The molecule has 2 N–H and O–H groups in total. The van der Waals surface area contributed by atoms with Gasteiger partial charge in [-0.3, -0.25) is 4.79 Å². The second-order valence-corrected chi connectivity index (χ2v) is 9.04. The van der Waals surface area contributed by atoms with Gasteiger partial charge in [-0.05, 0) is 31.0 Å². The first-order valence-corrected chi connectivity index (χ1v) is 10.2. The molecule has 0 aromatic heterocycles. The predicted molar refractivity (Wildman–Crippen MR) is 93.7 cm³/mol. The zero-order valence-electron chi connectivity index (χ0n) is 14.7. The molecule has 0 aliphatic carbocycles. The fraction of sp³-hybridized carbons (Fsp3) is 0.588. The molecule has 26 heavy (non-hydrogen) atoms. The van der Waals surface area contributed by atoms with E-state index in [1.165, 1.54) is 17.3 Å². The lowest BCUT2D eigenvalue weighted by Crippen LogP contribution is -2.62. The minimum absolute atomic E-state index is 0.0969. The first kappa shape index (κ1) is 17.6. The highest BCUT2D eigenvalue weighted by Crippen LogP contribution is 2.38. The first-order chi connectivity index (χ1) is 12.4. The predicted octanol–water partition coefficient (Wildman–Crippen LogP) is -0.0535. The molecule has 4 rings (SSSR count). The maximum atomic E-state index is 13.2. The molecule has 2 saturated heterocycles. The zero-order chi connectivity index (χ0) is 18.4. The van der Waals surface area contributed by atoms with E-state index in [1.807, 2.05) is 0 Å². The molecule has 1 amide bonds. The summed E-state index contributed by atoms with van der Waals surface area (Å²) >= 11 is 0. The summed E-state index contributed by atoms with van der Waals surface area (Å²) in [6, 6.07) is 4.71. The molecule has 0 spiro atoms. The second kappa shape index (κ2) is 6.40. The third-order valence-electron chi connectivity index (χ3n) is 5.35. The quantitative estimate of drug-likeness (QED) is 0.762. The highest BCUT2D eigenvalue weighted by molar-refractivity contribution is 7.89. The molecule has 3 heterocycles. The van der Waals surface area contributed by atoms with Crippen LogP contribution in [0.25, 0.3) is 0 Å². The molecule has 1 aromatic rings. The van der Waals surface area contributed by atoms with Crippen LogP contribution < -0.4 is 20.1 Å². The van der Waals surface area contributed by atoms with Gasteiger partial charge < -0.3 is 20.1 Å². The van der Waals surface area contributed by atoms with Crippen molar-refractivity contribution in [3.63, 3.8) is 0 Å². The molecule has 0 radical (unpaired) electrons. The Labute approximate surface area is 152 Å². The van der Waals surface area contributed by atoms with Gasteiger partial charge in [0.25, 0.3) is 0 Å². The molecule has 0 saturated carbocycles. The Morgan fingerprint density at radius 2 is 2.08 bits per heavy atom. The standard InChI is InChI=1S/C17H23N3O5S/c1-12(21)19-17-10-18-5-4-13(17)9-20(11-17)26(22,23)14-2-3-15-16(8-14)25-7-6-24-15/h2-3,8,13,18H,4-7,9-11H2,1H3,(H,19,21)/t13-,17-/m1/s1. The summed E-state index contributed by atoms with van der Waals surface area (Å²) in [5.41, 5.74) is -0.551. The van der Waals surface area contributed by atoms with Crippen LogP contribution in [0.2, 0.25) is 0 Å². The van der Waals surface area contributed by atoms with Gasteiger partial charge in [0.15, 0.2) is 11.5 Å². The summed E-state index contributed by atoms with van der Waals surface area (Å²) in [6.07, 6.45) is 0.827. The van der Waals surface area contributed by atoms with Crippen LogP contribution in [-0.4, -0.2) is 63.6 Å². The Bertz CT molecular complexity index is 828. The van der Waals surface area contributed by atoms with Crippen molar-refractivity contribution >= 4 is 15.9 Å². The van der Waals surface area contributed by atoms with Crippen LogP contribution in [0.15, 0.2) is 23.1 Å². The van der Waals surface area contributed by atoms with E-state index in [-0.39, 0.29) is 23.3 Å². The third kappa shape index (κ3) is 2.93. The van der Waals surface area contributed by atoms with Gasteiger partial charge in [0.1, 0.15) is 13.2 Å². The smallest absolute Gasteiger partial charge is 0.243 e. The van der Waals surface area contributed by atoms with E-state index in [1.54, 1.807) is 12.1 Å². The number of hydrogen-bond acceptors (Lipinski definition) is 6. The number of nitrogens with zero attached hydrogens (tertiary/aromatic N) is 1. The summed E-state index contributed by atoms with van der Waals surface area (Å²) in [5, 5.41) is 6.29. The van der Waals surface area contributed by atoms with Gasteiger partial charge >= 0.3 is 0 Å². The number of rotatable bonds is 3. The van der Waals surface area contributed by atoms with E-state index in [4.69, 9.17) is 9.47 Å². The summed E-state index contributed by atoms with van der Waals surface area (Å²) in [4.78, 5) is 11.9. The number of piperidine rings is 1. The van der Waals surface area contributed by atoms with Crippen molar-refractivity contribution in [3.8, 4) is 11.5 Å². The highest BCUT2D eigenvalue weighted by Gasteiger charge is 2.51. The molecule has 8 nitrogen and oxygen atoms in total. The van der Waals surface area contributed by atoms with E-state index in [0.29, 0.717) is 37.8 Å². The molecular formula is C17H23N3O5S. The van der Waals surface area contributed by atoms with Crippen LogP contribution in [0.5, 0.6) is 11.5 Å². The van der Waals surface area contributed by atoms with Crippen molar-refractivity contribution in [2.45, 2.75) is 23.8 Å². The summed E-state index contributed by atoms with van der Waals surface area (Å²) in [6.45, 7) is 4.39. The topological polar surface area (TPSA) is 97.0 Å². The third-order valence-corrected chi connectivity index (χ3v) is 7.16. The number of ether oxygens (including phenoxy) is 2. The van der Waals surface area contributed by atoms with Gasteiger partial charge in [-0.25, -0.2) is 8.42 Å². The van der Waals surface area contributed by atoms with Crippen molar-refractivity contribution < 1.29 is 22.7 Å². The molecule has 0 unspecified atom stereocenters. The molecule has 3 aliphatic rings. The lowest BCUT2D eigenvalue weighted by molar-refractivity contribution is -0.121. The number of fused-ring (bicyclic) bond motifs is 2. The van der Waals surface area contributed by atoms with Gasteiger partial charge in [-0.2, -0.15) is 4.31 Å². The van der Waals surface area contributed by atoms with Crippen molar-refractivity contribution in [3.05, 3.63) is 18.2 Å². The molecule has 9 heteroatoms. The summed E-state index contributed by atoms with van der Waals surface area (Å²) in [7, 11) is -3.69. The zero-order valence-corrected chi connectivity index (χ0v) is 15.5. The Morgan fingerprint density at radius 3 is 2.85 bits per heavy atom. The average molecular weight is 381 g/mol. The minimum Gasteiger partial charge on any atom is -0.486 e. The highest BCUT2D eigenvalue weighted by atomic mass is 32.2. The SMILES string of the molecule is CC(=O)N[C@@]12CNCC[C@@H]1CN(S(=O)(=O)c1ccc3c(c1)OCCO3)C2. The Morgan fingerprint density at radius 1 is 1.31 bits per heavy atom. The molecule has 2 atom stereocenters. The number of sulfonamides is 1. The van der Waals surface area contributed by atoms with Gasteiger partial charge in [-0.1, -0.05) is 0 Å². The number of carbonyl (C=O) groups is 1. The van der Waals surface area contributed by atoms with Gasteiger partial charge in [0.05, 0.1) is 10.4 Å². The lowest BCUT2D eigenvalue weighted by Gasteiger charge is -2.39. The molecule has 1 aromatic carbocycles. The Balaban J connectivity index is 1.63. The number of hydrogen-bond donors (Lipinski definition) is 2. The van der Waals surface area contributed by atoms with Crippen LogP contribution in [0.1, 0.15) is 13.3 Å². The van der Waals surface area contributed by atoms with Crippen LogP contribution in [0.3, 0.4) is 0 Å². The molecule has 2 fully saturated rings. The average Bonchev–Trinajstić information content (AvgIpc) is 3.00. The van der Waals surface area contributed by atoms with Crippen LogP contribution in [0, 0.1) is 5.92 Å². The van der Waals surface area contributed by atoms with Crippen molar-refractivity contribution in [1.82, 2.24) is 14.9 Å². The number of carbonyl (C=O) groups excluding carboxylic acids is 1. The number of nitrogens with one attached hydrogen (secondary N) is 2. The number of benzene rings is 1. The van der Waals surface area contributed by atoms with E-state index in [2.05, 4.69) is 10.6 Å². The number of amides is 1. The van der Waals surface area contributed by atoms with Gasteiger partial charge in [0, 0.05) is 32.6 Å². The first-order valence-electron chi connectivity index (χ1n) is 8.80. The Hall–Kier alpha value is -1.84. The van der Waals surface area contributed by atoms with Gasteiger partial charge in [0.2, 0.25) is 15.9 Å². The van der Waals surface area contributed by atoms with Gasteiger partial charge in [-0.15, -0.1) is 0 Å². The second-order valence-electron chi connectivity index (χ2n) is 7.10. The van der Waals surface area contributed by atoms with Crippen molar-refractivity contribution in [1.29, 1.82) is 0 Å². The van der Waals surface area contributed by atoms with E-state index >= 15 is 0 Å². The van der Waals surface area contributed by atoms with Crippen LogP contribution >= 0.6 is 0 Å². The maximum Gasteiger partial charge on any atom is 0.243 e. The minimum atomic E-state index is -3.69. The monoisotopic (exact) mass is 381 g/mol. The maximum absolute atomic E-state index is 13.2. The van der Waals surface area contributed by atoms with E-state index < -0.39 is 15.6 Å². The molecular weight excluding hydrogens is 358 g/mol. The molecule has 3 aliphatic heterocycles. The van der Waals surface area contributed by atoms with Crippen molar-refractivity contribution in [2.75, 3.05) is 39.4 Å². The largest absolute Gasteiger partial charge is 0.486 e.